The number of hydrogen-bond donors (Lipinski definition) is 0. The fourth-order valence-electron chi connectivity index (χ4n) is 2.38. The highest BCUT2D eigenvalue weighted by Gasteiger charge is 2.28. The normalized spacial score (nSPS) is 20.6. The number of hydrogen-bond acceptors (Lipinski definition) is 4. The lowest BCUT2D eigenvalue weighted by atomic mass is 10.2. The van der Waals surface area contributed by atoms with E-state index in [1.807, 2.05) is 4.90 Å². The van der Waals surface area contributed by atoms with Crippen LogP contribution in [0.15, 0.2) is 12.4 Å². The van der Waals surface area contributed by atoms with Crippen molar-refractivity contribution in [2.75, 3.05) is 32.7 Å². The minimum absolute atomic E-state index is 0.0461. The molecule has 5 nitrogen and oxygen atoms in total. The van der Waals surface area contributed by atoms with E-state index in [1.165, 1.54) is 31.8 Å². The average Bonchev–Trinajstić information content (AvgIpc) is 3.24. The lowest BCUT2D eigenvalue weighted by molar-refractivity contribution is 0.0626. The highest BCUT2D eigenvalue weighted by Crippen LogP contribution is 2.29. The Morgan fingerprint density at radius 2 is 1.95 bits per heavy atom. The first-order chi connectivity index (χ1) is 9.22. The van der Waals surface area contributed by atoms with Crippen molar-refractivity contribution in [3.63, 3.8) is 0 Å². The molecule has 2 heterocycles. The molecule has 0 unspecified atom stereocenters. The minimum atomic E-state index is -0.0461. The molecule has 1 saturated carbocycles. The SMILES string of the molecule is O=C(c1cnc(Cl)cn1)N1CCN(CC2CC2)CC1. The molecular weight excluding hydrogens is 264 g/mol. The molecule has 0 bridgehead atoms. The van der Waals surface area contributed by atoms with Crippen LogP contribution < -0.4 is 0 Å². The van der Waals surface area contributed by atoms with E-state index in [9.17, 15) is 4.79 Å². The van der Waals surface area contributed by atoms with Crippen molar-refractivity contribution in [3.05, 3.63) is 23.2 Å². The number of rotatable bonds is 3. The highest BCUT2D eigenvalue weighted by molar-refractivity contribution is 6.29. The van der Waals surface area contributed by atoms with Crippen molar-refractivity contribution in [3.8, 4) is 0 Å². The highest BCUT2D eigenvalue weighted by atomic mass is 35.5. The van der Waals surface area contributed by atoms with E-state index in [-0.39, 0.29) is 5.91 Å². The van der Waals surface area contributed by atoms with Gasteiger partial charge in [0.1, 0.15) is 10.8 Å². The number of nitrogens with zero attached hydrogens (tertiary/aromatic N) is 4. The van der Waals surface area contributed by atoms with Crippen LogP contribution in [0.4, 0.5) is 0 Å². The van der Waals surface area contributed by atoms with Crippen LogP contribution in [0.2, 0.25) is 5.15 Å². The van der Waals surface area contributed by atoms with E-state index in [0.29, 0.717) is 10.8 Å². The third-order valence-electron chi connectivity index (χ3n) is 3.71. The molecule has 0 atom stereocenters. The second-order valence-corrected chi connectivity index (χ2v) is 5.65. The zero-order chi connectivity index (χ0) is 13.2. The van der Waals surface area contributed by atoms with Crippen LogP contribution >= 0.6 is 11.6 Å². The molecule has 102 valence electrons. The number of carbonyl (C=O) groups excluding carboxylic acids is 1. The number of aromatic nitrogens is 2. The molecule has 0 radical (unpaired) electrons. The maximum absolute atomic E-state index is 12.2. The number of halogens is 1. The summed E-state index contributed by atoms with van der Waals surface area (Å²) in [5.74, 6) is 0.861. The summed E-state index contributed by atoms with van der Waals surface area (Å²) >= 11 is 5.67. The molecule has 2 aliphatic rings. The molecule has 1 aliphatic carbocycles. The van der Waals surface area contributed by atoms with Crippen LogP contribution in [-0.2, 0) is 0 Å². The zero-order valence-electron chi connectivity index (χ0n) is 10.8. The molecule has 2 fully saturated rings. The van der Waals surface area contributed by atoms with Crippen LogP contribution in [-0.4, -0.2) is 58.4 Å². The summed E-state index contributed by atoms with van der Waals surface area (Å²) in [5.41, 5.74) is 0.375. The van der Waals surface area contributed by atoms with E-state index in [2.05, 4.69) is 14.9 Å². The molecule has 1 aliphatic heterocycles. The first-order valence-corrected chi connectivity index (χ1v) is 7.09. The molecule has 0 N–H and O–H groups in total. The van der Waals surface area contributed by atoms with Crippen molar-refractivity contribution < 1.29 is 4.79 Å². The third kappa shape index (κ3) is 3.22. The Labute approximate surface area is 117 Å². The molecule has 1 aromatic heterocycles. The third-order valence-corrected chi connectivity index (χ3v) is 3.91. The summed E-state index contributed by atoms with van der Waals surface area (Å²) < 4.78 is 0. The predicted octanol–water partition coefficient (Wildman–Crippen LogP) is 1.30. The maximum Gasteiger partial charge on any atom is 0.274 e. The van der Waals surface area contributed by atoms with Gasteiger partial charge >= 0.3 is 0 Å². The summed E-state index contributed by atoms with van der Waals surface area (Å²) in [7, 11) is 0. The Hall–Kier alpha value is -1.20. The molecule has 3 rings (SSSR count). The standard InChI is InChI=1S/C13H17ClN4O/c14-12-8-15-11(7-16-12)13(19)18-5-3-17(4-6-18)9-10-1-2-10/h7-8,10H,1-6,9H2. The van der Waals surface area contributed by atoms with Crippen LogP contribution in [0.25, 0.3) is 0 Å². The lowest BCUT2D eigenvalue weighted by Gasteiger charge is -2.34. The Morgan fingerprint density at radius 3 is 2.53 bits per heavy atom. The predicted molar refractivity (Wildman–Crippen MR) is 72.1 cm³/mol. The van der Waals surface area contributed by atoms with Gasteiger partial charge in [0.15, 0.2) is 0 Å². The molecular formula is C13H17ClN4O. The van der Waals surface area contributed by atoms with Gasteiger partial charge in [0.25, 0.3) is 5.91 Å². The molecule has 0 spiro atoms. The van der Waals surface area contributed by atoms with Crippen LogP contribution in [0.1, 0.15) is 23.3 Å². The van der Waals surface area contributed by atoms with Gasteiger partial charge in [0.2, 0.25) is 0 Å². The Kier molecular flexibility index (Phi) is 3.66. The van der Waals surface area contributed by atoms with Gasteiger partial charge in [-0.3, -0.25) is 9.69 Å². The zero-order valence-corrected chi connectivity index (χ0v) is 11.5. The van der Waals surface area contributed by atoms with E-state index >= 15 is 0 Å². The molecule has 1 aromatic rings. The molecule has 1 saturated heterocycles. The Morgan fingerprint density at radius 1 is 1.21 bits per heavy atom. The average molecular weight is 281 g/mol. The quantitative estimate of drug-likeness (QED) is 0.837. The van der Waals surface area contributed by atoms with Gasteiger partial charge in [-0.25, -0.2) is 9.97 Å². The smallest absolute Gasteiger partial charge is 0.274 e. The Bertz CT molecular complexity index is 452. The van der Waals surface area contributed by atoms with E-state index < -0.39 is 0 Å². The van der Waals surface area contributed by atoms with Gasteiger partial charge in [0.05, 0.1) is 12.4 Å². The van der Waals surface area contributed by atoms with Gasteiger partial charge in [-0.1, -0.05) is 11.6 Å². The van der Waals surface area contributed by atoms with Crippen LogP contribution in [0.5, 0.6) is 0 Å². The fraction of sp³-hybridized carbons (Fsp3) is 0.615. The van der Waals surface area contributed by atoms with Gasteiger partial charge < -0.3 is 4.90 Å². The summed E-state index contributed by atoms with van der Waals surface area (Å²) in [6.45, 7) is 4.67. The van der Waals surface area contributed by atoms with Crippen molar-refractivity contribution >= 4 is 17.5 Å². The molecule has 1 amide bonds. The van der Waals surface area contributed by atoms with Gasteiger partial charge in [-0.2, -0.15) is 0 Å². The van der Waals surface area contributed by atoms with Gasteiger partial charge in [-0.05, 0) is 18.8 Å². The molecule has 0 aromatic carbocycles. The van der Waals surface area contributed by atoms with Crippen LogP contribution in [0.3, 0.4) is 0 Å². The summed E-state index contributed by atoms with van der Waals surface area (Å²) in [4.78, 5) is 24.5. The van der Waals surface area contributed by atoms with Crippen molar-refractivity contribution in [1.29, 1.82) is 0 Å². The monoisotopic (exact) mass is 280 g/mol. The first-order valence-electron chi connectivity index (χ1n) is 6.71. The summed E-state index contributed by atoms with van der Waals surface area (Å²) in [5, 5.41) is 0.311. The maximum atomic E-state index is 12.2. The van der Waals surface area contributed by atoms with E-state index in [0.717, 1.165) is 32.1 Å². The number of piperazine rings is 1. The second kappa shape index (κ2) is 5.43. The van der Waals surface area contributed by atoms with Crippen molar-refractivity contribution in [1.82, 2.24) is 19.8 Å². The minimum Gasteiger partial charge on any atom is -0.335 e. The van der Waals surface area contributed by atoms with Crippen LogP contribution in [0, 0.1) is 5.92 Å². The summed E-state index contributed by atoms with van der Waals surface area (Å²) in [6, 6.07) is 0. The van der Waals surface area contributed by atoms with Crippen molar-refractivity contribution in [2.45, 2.75) is 12.8 Å². The van der Waals surface area contributed by atoms with Gasteiger partial charge in [0, 0.05) is 32.7 Å². The van der Waals surface area contributed by atoms with Gasteiger partial charge in [-0.15, -0.1) is 0 Å². The molecule has 19 heavy (non-hydrogen) atoms. The first kappa shape index (κ1) is 12.8. The topological polar surface area (TPSA) is 49.3 Å². The van der Waals surface area contributed by atoms with E-state index in [1.54, 1.807) is 0 Å². The van der Waals surface area contributed by atoms with Crippen molar-refractivity contribution in [2.24, 2.45) is 5.92 Å². The lowest BCUT2D eigenvalue weighted by Crippen LogP contribution is -2.49. The largest absolute Gasteiger partial charge is 0.335 e. The fourth-order valence-corrected chi connectivity index (χ4v) is 2.48. The second-order valence-electron chi connectivity index (χ2n) is 5.26. The summed E-state index contributed by atoms with van der Waals surface area (Å²) in [6.07, 6.45) is 5.61. The number of amides is 1. The molecule has 6 heteroatoms. The number of carbonyl (C=O) groups is 1. The van der Waals surface area contributed by atoms with E-state index in [4.69, 9.17) is 11.6 Å². The Balaban J connectivity index is 1.55.